The lowest BCUT2D eigenvalue weighted by Gasteiger charge is -2.31. The summed E-state index contributed by atoms with van der Waals surface area (Å²) in [5, 5.41) is 0. The summed E-state index contributed by atoms with van der Waals surface area (Å²) in [5.41, 5.74) is 0. The Balaban J connectivity index is 2.59. The fourth-order valence-corrected chi connectivity index (χ4v) is 1.68. The molecule has 0 aromatic rings. The van der Waals surface area contributed by atoms with Crippen LogP contribution in [0.2, 0.25) is 0 Å². The number of carbonyl (C=O) groups is 2. The zero-order chi connectivity index (χ0) is 12.1. The molecule has 1 aliphatic heterocycles. The molecule has 0 N–H and O–H groups in total. The van der Waals surface area contributed by atoms with Crippen molar-refractivity contribution in [3.63, 3.8) is 0 Å². The normalized spacial score (nSPS) is 25.4. The standard InChI is InChI=1S/C10H16O6/c1-6(11)15-7-4-8(10(13-2)14-3)16-9(12)5-7/h7-8,10H,4-5H2,1-3H3. The van der Waals surface area contributed by atoms with Gasteiger partial charge in [-0.3, -0.25) is 9.59 Å². The Hall–Kier alpha value is -1.14. The van der Waals surface area contributed by atoms with Crippen molar-refractivity contribution < 1.29 is 28.5 Å². The SMILES string of the molecule is COC(OC)C1CC(OC(C)=O)CC(=O)O1. The fourth-order valence-electron chi connectivity index (χ4n) is 1.68. The Morgan fingerprint density at radius 3 is 2.56 bits per heavy atom. The first kappa shape index (κ1) is 12.9. The van der Waals surface area contributed by atoms with Gasteiger partial charge >= 0.3 is 11.9 Å². The molecule has 0 aromatic heterocycles. The van der Waals surface area contributed by atoms with Gasteiger partial charge in [-0.05, 0) is 0 Å². The van der Waals surface area contributed by atoms with Gasteiger partial charge in [0.15, 0.2) is 12.4 Å². The van der Waals surface area contributed by atoms with Crippen LogP contribution in [-0.2, 0) is 28.5 Å². The van der Waals surface area contributed by atoms with Gasteiger partial charge < -0.3 is 18.9 Å². The van der Waals surface area contributed by atoms with Gasteiger partial charge in [-0.25, -0.2) is 0 Å². The van der Waals surface area contributed by atoms with Crippen LogP contribution in [0.25, 0.3) is 0 Å². The number of esters is 2. The van der Waals surface area contributed by atoms with E-state index >= 15 is 0 Å². The van der Waals surface area contributed by atoms with Gasteiger partial charge in [0.25, 0.3) is 0 Å². The molecule has 16 heavy (non-hydrogen) atoms. The van der Waals surface area contributed by atoms with Crippen LogP contribution in [0.5, 0.6) is 0 Å². The Morgan fingerprint density at radius 2 is 2.06 bits per heavy atom. The number of carbonyl (C=O) groups excluding carboxylic acids is 2. The van der Waals surface area contributed by atoms with E-state index in [1.807, 2.05) is 0 Å². The quantitative estimate of drug-likeness (QED) is 0.511. The van der Waals surface area contributed by atoms with Crippen molar-refractivity contribution in [1.82, 2.24) is 0 Å². The average molecular weight is 232 g/mol. The summed E-state index contributed by atoms with van der Waals surface area (Å²) >= 11 is 0. The first-order valence-corrected chi connectivity index (χ1v) is 4.99. The summed E-state index contributed by atoms with van der Waals surface area (Å²) in [7, 11) is 2.91. The lowest BCUT2D eigenvalue weighted by Crippen LogP contribution is -2.43. The lowest BCUT2D eigenvalue weighted by molar-refractivity contribution is -0.210. The van der Waals surface area contributed by atoms with E-state index in [4.69, 9.17) is 18.9 Å². The van der Waals surface area contributed by atoms with Gasteiger partial charge in [-0.2, -0.15) is 0 Å². The van der Waals surface area contributed by atoms with Crippen molar-refractivity contribution in [3.8, 4) is 0 Å². The van der Waals surface area contributed by atoms with Crippen molar-refractivity contribution in [2.45, 2.75) is 38.3 Å². The molecular formula is C10H16O6. The van der Waals surface area contributed by atoms with Crippen molar-refractivity contribution in [2.24, 2.45) is 0 Å². The maximum absolute atomic E-state index is 11.3. The molecule has 0 saturated carbocycles. The molecule has 6 heteroatoms. The largest absolute Gasteiger partial charge is 0.462 e. The number of hydrogen-bond donors (Lipinski definition) is 0. The number of hydrogen-bond acceptors (Lipinski definition) is 6. The van der Waals surface area contributed by atoms with Crippen LogP contribution in [-0.4, -0.2) is 44.7 Å². The molecule has 0 aromatic carbocycles. The van der Waals surface area contributed by atoms with E-state index in [1.54, 1.807) is 0 Å². The molecule has 1 fully saturated rings. The summed E-state index contributed by atoms with van der Waals surface area (Å²) in [5.74, 6) is -0.827. The Kier molecular flexibility index (Phi) is 4.70. The molecule has 0 amide bonds. The minimum absolute atomic E-state index is 0.0796. The molecule has 0 radical (unpaired) electrons. The zero-order valence-corrected chi connectivity index (χ0v) is 9.60. The highest BCUT2D eigenvalue weighted by Crippen LogP contribution is 2.22. The maximum Gasteiger partial charge on any atom is 0.310 e. The van der Waals surface area contributed by atoms with Gasteiger partial charge in [0.1, 0.15) is 6.10 Å². The van der Waals surface area contributed by atoms with Crippen LogP contribution < -0.4 is 0 Å². The van der Waals surface area contributed by atoms with Crippen LogP contribution in [0.15, 0.2) is 0 Å². The molecular weight excluding hydrogens is 216 g/mol. The molecule has 2 atom stereocenters. The molecule has 1 rings (SSSR count). The number of methoxy groups -OCH3 is 2. The highest BCUT2D eigenvalue weighted by atomic mass is 16.7. The molecule has 2 unspecified atom stereocenters. The number of cyclic esters (lactones) is 1. The monoisotopic (exact) mass is 232 g/mol. The zero-order valence-electron chi connectivity index (χ0n) is 9.60. The van der Waals surface area contributed by atoms with E-state index in [1.165, 1.54) is 21.1 Å². The lowest BCUT2D eigenvalue weighted by atomic mass is 10.1. The second-order valence-electron chi connectivity index (χ2n) is 3.54. The third kappa shape index (κ3) is 3.46. The first-order chi connectivity index (χ1) is 7.56. The van der Waals surface area contributed by atoms with E-state index in [-0.39, 0.29) is 6.42 Å². The van der Waals surface area contributed by atoms with Crippen LogP contribution in [0.1, 0.15) is 19.8 Å². The summed E-state index contributed by atoms with van der Waals surface area (Å²) in [6, 6.07) is 0. The van der Waals surface area contributed by atoms with Gasteiger partial charge in [0, 0.05) is 27.6 Å². The van der Waals surface area contributed by atoms with Gasteiger partial charge in [0.05, 0.1) is 6.42 Å². The molecule has 0 spiro atoms. The molecule has 92 valence electrons. The predicted octanol–water partition coefficient (Wildman–Crippen LogP) is 0.243. The van der Waals surface area contributed by atoms with Gasteiger partial charge in [-0.15, -0.1) is 0 Å². The minimum atomic E-state index is -0.637. The minimum Gasteiger partial charge on any atom is -0.462 e. The summed E-state index contributed by atoms with van der Waals surface area (Å²) in [6.07, 6.45) is -1.17. The summed E-state index contributed by atoms with van der Waals surface area (Å²) in [6.45, 7) is 1.30. The summed E-state index contributed by atoms with van der Waals surface area (Å²) < 4.78 is 20.0. The Labute approximate surface area is 93.8 Å². The molecule has 1 heterocycles. The van der Waals surface area contributed by atoms with Crippen LogP contribution in [0.4, 0.5) is 0 Å². The van der Waals surface area contributed by atoms with Crippen molar-refractivity contribution in [2.75, 3.05) is 14.2 Å². The average Bonchev–Trinajstić information content (AvgIpc) is 2.17. The second-order valence-corrected chi connectivity index (χ2v) is 3.54. The third-order valence-electron chi connectivity index (χ3n) is 2.27. The van der Waals surface area contributed by atoms with E-state index in [0.29, 0.717) is 6.42 Å². The van der Waals surface area contributed by atoms with Crippen molar-refractivity contribution >= 4 is 11.9 Å². The molecule has 0 bridgehead atoms. The smallest absolute Gasteiger partial charge is 0.310 e. The Bertz CT molecular complexity index is 258. The van der Waals surface area contributed by atoms with E-state index in [9.17, 15) is 9.59 Å². The molecule has 6 nitrogen and oxygen atoms in total. The summed E-state index contributed by atoms with van der Waals surface area (Å²) in [4.78, 5) is 22.1. The van der Waals surface area contributed by atoms with Gasteiger partial charge in [-0.1, -0.05) is 0 Å². The maximum atomic E-state index is 11.3. The highest BCUT2D eigenvalue weighted by Gasteiger charge is 2.35. The molecule has 0 aliphatic carbocycles. The number of rotatable bonds is 4. The van der Waals surface area contributed by atoms with E-state index < -0.39 is 30.4 Å². The van der Waals surface area contributed by atoms with Crippen LogP contribution >= 0.6 is 0 Å². The number of ether oxygens (including phenoxy) is 4. The van der Waals surface area contributed by atoms with Gasteiger partial charge in [0.2, 0.25) is 0 Å². The van der Waals surface area contributed by atoms with Crippen molar-refractivity contribution in [1.29, 1.82) is 0 Å². The van der Waals surface area contributed by atoms with Crippen LogP contribution in [0.3, 0.4) is 0 Å². The van der Waals surface area contributed by atoms with Crippen LogP contribution in [0, 0.1) is 0 Å². The third-order valence-corrected chi connectivity index (χ3v) is 2.27. The molecule has 1 saturated heterocycles. The van der Waals surface area contributed by atoms with E-state index in [2.05, 4.69) is 0 Å². The topological polar surface area (TPSA) is 71.1 Å². The van der Waals surface area contributed by atoms with Crippen molar-refractivity contribution in [3.05, 3.63) is 0 Å². The van der Waals surface area contributed by atoms with E-state index in [0.717, 1.165) is 0 Å². The molecule has 1 aliphatic rings. The first-order valence-electron chi connectivity index (χ1n) is 4.99. The second kappa shape index (κ2) is 5.81. The highest BCUT2D eigenvalue weighted by molar-refractivity contribution is 5.72. The fraction of sp³-hybridized carbons (Fsp3) is 0.800. The Morgan fingerprint density at radius 1 is 1.44 bits per heavy atom. The predicted molar refractivity (Wildman–Crippen MR) is 52.5 cm³/mol.